The summed E-state index contributed by atoms with van der Waals surface area (Å²) in [6.45, 7) is 5.92. The number of nitrogens with zero attached hydrogens (tertiary/aromatic N) is 2. The van der Waals surface area contributed by atoms with Gasteiger partial charge >= 0.3 is 0 Å². The molecule has 1 heterocycles. The zero-order valence-corrected chi connectivity index (χ0v) is 10.7. The first-order valence-electron chi connectivity index (χ1n) is 6.81. The molecule has 0 radical (unpaired) electrons. The zero-order valence-electron chi connectivity index (χ0n) is 10.7. The van der Waals surface area contributed by atoms with Gasteiger partial charge in [-0.1, -0.05) is 6.92 Å². The van der Waals surface area contributed by atoms with Crippen LogP contribution in [0.2, 0.25) is 0 Å². The van der Waals surface area contributed by atoms with Gasteiger partial charge < -0.3 is 4.74 Å². The van der Waals surface area contributed by atoms with Crippen LogP contribution in [0, 0.1) is 11.3 Å². The Bertz CT molecular complexity index is 272. The predicted octanol–water partition coefficient (Wildman–Crippen LogP) is 1.13. The lowest BCUT2D eigenvalue weighted by atomic mass is 10.1. The molecular formula is C13H23N3O. The molecule has 1 aliphatic heterocycles. The summed E-state index contributed by atoms with van der Waals surface area (Å²) in [5.41, 5.74) is 0. The quantitative estimate of drug-likeness (QED) is 0.752. The number of morpholine rings is 1. The minimum atomic E-state index is 0.0304. The van der Waals surface area contributed by atoms with Gasteiger partial charge in [0, 0.05) is 25.2 Å². The van der Waals surface area contributed by atoms with Crippen LogP contribution in [0.5, 0.6) is 0 Å². The lowest BCUT2D eigenvalue weighted by Crippen LogP contribution is -2.46. The summed E-state index contributed by atoms with van der Waals surface area (Å²) < 4.78 is 5.49. The molecule has 0 aromatic rings. The summed E-state index contributed by atoms with van der Waals surface area (Å²) in [6, 6.07) is 3.57. The molecule has 1 saturated carbocycles. The Balaban J connectivity index is 1.72. The van der Waals surface area contributed by atoms with Gasteiger partial charge in [-0.25, -0.2) is 0 Å². The number of nitrogens with one attached hydrogen (secondary N) is 1. The van der Waals surface area contributed by atoms with Crippen molar-refractivity contribution in [2.24, 2.45) is 0 Å². The molecule has 2 unspecified atom stereocenters. The van der Waals surface area contributed by atoms with Crippen LogP contribution in [-0.2, 0) is 4.74 Å². The minimum absolute atomic E-state index is 0.0304. The highest BCUT2D eigenvalue weighted by Gasteiger charge is 2.26. The maximum absolute atomic E-state index is 9.10. The smallest absolute Gasteiger partial charge is 0.0967 e. The van der Waals surface area contributed by atoms with Crippen molar-refractivity contribution >= 4 is 0 Å². The Labute approximate surface area is 104 Å². The number of hydrogen-bond donors (Lipinski definition) is 1. The molecular weight excluding hydrogens is 214 g/mol. The first-order valence-corrected chi connectivity index (χ1v) is 6.81. The molecule has 0 spiro atoms. The Morgan fingerprint density at radius 1 is 1.53 bits per heavy atom. The van der Waals surface area contributed by atoms with E-state index in [0.29, 0.717) is 12.1 Å². The topological polar surface area (TPSA) is 48.3 Å². The Morgan fingerprint density at radius 2 is 2.35 bits per heavy atom. The Morgan fingerprint density at radius 3 is 3.00 bits per heavy atom. The molecule has 2 aliphatic rings. The molecule has 0 amide bonds. The first-order chi connectivity index (χ1) is 8.33. The van der Waals surface area contributed by atoms with Gasteiger partial charge in [-0.05, 0) is 25.7 Å². The van der Waals surface area contributed by atoms with Gasteiger partial charge in [0.1, 0.15) is 0 Å². The largest absolute Gasteiger partial charge is 0.378 e. The van der Waals surface area contributed by atoms with Gasteiger partial charge in [0.05, 0.1) is 25.3 Å². The van der Waals surface area contributed by atoms with Crippen molar-refractivity contribution in [3.05, 3.63) is 0 Å². The lowest BCUT2D eigenvalue weighted by Gasteiger charge is -2.35. The molecule has 2 fully saturated rings. The van der Waals surface area contributed by atoms with Crippen molar-refractivity contribution in [2.45, 2.75) is 50.7 Å². The van der Waals surface area contributed by atoms with Crippen LogP contribution >= 0.6 is 0 Å². The van der Waals surface area contributed by atoms with Crippen molar-refractivity contribution < 1.29 is 4.74 Å². The van der Waals surface area contributed by atoms with Crippen molar-refractivity contribution in [3.63, 3.8) is 0 Å². The summed E-state index contributed by atoms with van der Waals surface area (Å²) in [6.07, 6.45) is 4.55. The maximum Gasteiger partial charge on any atom is 0.0967 e. The van der Waals surface area contributed by atoms with E-state index in [1.54, 1.807) is 0 Å². The third-order valence-electron chi connectivity index (χ3n) is 3.70. The third-order valence-corrected chi connectivity index (χ3v) is 3.70. The molecule has 96 valence electrons. The summed E-state index contributed by atoms with van der Waals surface area (Å²) in [4.78, 5) is 2.47. The fourth-order valence-electron chi connectivity index (χ4n) is 2.37. The van der Waals surface area contributed by atoms with E-state index < -0.39 is 0 Å². The standard InChI is InChI=1S/C13H23N3O/c1-2-13-10-17-8-7-16(13)6-5-12(9-14)15-11-3-4-11/h11-13,15H,2-8,10H2,1H3. The van der Waals surface area contributed by atoms with Gasteiger partial charge in [-0.15, -0.1) is 0 Å². The second-order valence-corrected chi connectivity index (χ2v) is 5.08. The molecule has 0 aromatic heterocycles. The van der Waals surface area contributed by atoms with Crippen LogP contribution in [0.4, 0.5) is 0 Å². The highest BCUT2D eigenvalue weighted by atomic mass is 16.5. The van der Waals surface area contributed by atoms with Gasteiger partial charge in [0.2, 0.25) is 0 Å². The van der Waals surface area contributed by atoms with Gasteiger partial charge in [0.15, 0.2) is 0 Å². The van der Waals surface area contributed by atoms with Crippen LogP contribution in [0.1, 0.15) is 32.6 Å². The number of nitriles is 1. The van der Waals surface area contributed by atoms with E-state index in [-0.39, 0.29) is 6.04 Å². The van der Waals surface area contributed by atoms with Crippen molar-refractivity contribution in [3.8, 4) is 6.07 Å². The normalized spacial score (nSPS) is 27.6. The van der Waals surface area contributed by atoms with E-state index in [1.807, 2.05) is 0 Å². The second kappa shape index (κ2) is 6.34. The third kappa shape index (κ3) is 3.95. The highest BCUT2D eigenvalue weighted by Crippen LogP contribution is 2.20. The van der Waals surface area contributed by atoms with E-state index in [1.165, 1.54) is 12.8 Å². The maximum atomic E-state index is 9.10. The molecule has 2 rings (SSSR count). The first kappa shape index (κ1) is 12.8. The van der Waals surface area contributed by atoms with Gasteiger partial charge in [0.25, 0.3) is 0 Å². The fourth-order valence-corrected chi connectivity index (χ4v) is 2.37. The van der Waals surface area contributed by atoms with Crippen LogP contribution < -0.4 is 5.32 Å². The zero-order chi connectivity index (χ0) is 12.1. The molecule has 2 atom stereocenters. The fraction of sp³-hybridized carbons (Fsp3) is 0.923. The average Bonchev–Trinajstić information content (AvgIpc) is 3.18. The molecule has 1 aliphatic carbocycles. The van der Waals surface area contributed by atoms with Crippen LogP contribution in [-0.4, -0.2) is 49.3 Å². The van der Waals surface area contributed by atoms with E-state index >= 15 is 0 Å². The van der Waals surface area contributed by atoms with Crippen LogP contribution in [0.25, 0.3) is 0 Å². The number of hydrogen-bond acceptors (Lipinski definition) is 4. The minimum Gasteiger partial charge on any atom is -0.378 e. The summed E-state index contributed by atoms with van der Waals surface area (Å²) >= 11 is 0. The SMILES string of the molecule is CCC1COCCN1CCC(C#N)NC1CC1. The van der Waals surface area contributed by atoms with Gasteiger partial charge in [-0.2, -0.15) is 5.26 Å². The highest BCUT2D eigenvalue weighted by molar-refractivity contribution is 4.96. The Kier molecular flexibility index (Phi) is 4.78. The second-order valence-electron chi connectivity index (χ2n) is 5.08. The molecule has 0 aromatic carbocycles. The molecule has 1 N–H and O–H groups in total. The predicted molar refractivity (Wildman–Crippen MR) is 66.6 cm³/mol. The number of ether oxygens (including phenoxy) is 1. The molecule has 17 heavy (non-hydrogen) atoms. The van der Waals surface area contributed by atoms with Gasteiger partial charge in [-0.3, -0.25) is 10.2 Å². The van der Waals surface area contributed by atoms with Crippen molar-refractivity contribution in [2.75, 3.05) is 26.3 Å². The van der Waals surface area contributed by atoms with Crippen molar-refractivity contribution in [1.82, 2.24) is 10.2 Å². The average molecular weight is 237 g/mol. The van der Waals surface area contributed by atoms with E-state index in [9.17, 15) is 0 Å². The lowest BCUT2D eigenvalue weighted by molar-refractivity contribution is -0.00948. The molecule has 4 heteroatoms. The van der Waals surface area contributed by atoms with E-state index in [2.05, 4.69) is 23.2 Å². The molecule has 1 saturated heterocycles. The van der Waals surface area contributed by atoms with Crippen LogP contribution in [0.15, 0.2) is 0 Å². The van der Waals surface area contributed by atoms with Crippen LogP contribution in [0.3, 0.4) is 0 Å². The summed E-state index contributed by atoms with van der Waals surface area (Å²) in [5.74, 6) is 0. The number of rotatable bonds is 6. The Hall–Kier alpha value is -0.630. The van der Waals surface area contributed by atoms with E-state index in [4.69, 9.17) is 10.00 Å². The molecule has 4 nitrogen and oxygen atoms in total. The monoisotopic (exact) mass is 237 g/mol. The summed E-state index contributed by atoms with van der Waals surface area (Å²) in [5, 5.41) is 12.5. The van der Waals surface area contributed by atoms with Crippen molar-refractivity contribution in [1.29, 1.82) is 5.26 Å². The summed E-state index contributed by atoms with van der Waals surface area (Å²) in [7, 11) is 0. The van der Waals surface area contributed by atoms with E-state index in [0.717, 1.165) is 39.1 Å². The molecule has 0 bridgehead atoms.